The quantitative estimate of drug-likeness (QED) is 0.318. The van der Waals surface area contributed by atoms with Gasteiger partial charge in [0.25, 0.3) is 0 Å². The predicted octanol–water partition coefficient (Wildman–Crippen LogP) is 1.36. The molecule has 0 amide bonds. The van der Waals surface area contributed by atoms with E-state index in [0.717, 1.165) is 18.8 Å². The fraction of sp³-hybridized carbons (Fsp3) is 0.533. The minimum Gasteiger partial charge on any atom is -0.356 e. The maximum Gasteiger partial charge on any atom is 0.208 e. The minimum atomic E-state index is -3.11. The lowest BCUT2D eigenvalue weighted by Crippen LogP contribution is -2.39. The Bertz CT molecular complexity index is 600. The van der Waals surface area contributed by atoms with E-state index in [0.29, 0.717) is 19.5 Å². The van der Waals surface area contributed by atoms with Crippen LogP contribution in [0.4, 0.5) is 0 Å². The van der Waals surface area contributed by atoms with Crippen molar-refractivity contribution in [3.63, 3.8) is 0 Å². The average molecular weight is 359 g/mol. The summed E-state index contributed by atoms with van der Waals surface area (Å²) in [6, 6.07) is 8.46. The summed E-state index contributed by atoms with van der Waals surface area (Å²) in [6.45, 7) is 1.84. The van der Waals surface area contributed by atoms with E-state index in [1.807, 2.05) is 11.9 Å². The summed E-state index contributed by atoms with van der Waals surface area (Å²) in [6.07, 6.45) is 3.92. The van der Waals surface area contributed by atoms with Crippen molar-refractivity contribution >= 4 is 27.7 Å². The maximum absolute atomic E-state index is 11.0. The number of nitrogens with one attached hydrogen (secondary N) is 2. The highest BCUT2D eigenvalue weighted by Crippen LogP contribution is 2.15. The molecule has 23 heavy (non-hydrogen) atoms. The van der Waals surface area contributed by atoms with E-state index in [9.17, 15) is 8.42 Å². The van der Waals surface area contributed by atoms with Crippen molar-refractivity contribution in [3.05, 3.63) is 29.8 Å². The van der Waals surface area contributed by atoms with Crippen molar-refractivity contribution in [2.75, 3.05) is 39.7 Å². The summed E-state index contributed by atoms with van der Waals surface area (Å²) >= 11 is 1.73. The summed E-state index contributed by atoms with van der Waals surface area (Å²) < 4.78 is 24.4. The van der Waals surface area contributed by atoms with Gasteiger partial charge in [0.05, 0.1) is 6.26 Å². The van der Waals surface area contributed by atoms with Crippen LogP contribution in [0.5, 0.6) is 0 Å². The van der Waals surface area contributed by atoms with Crippen LogP contribution in [0, 0.1) is 0 Å². The molecule has 0 saturated carbocycles. The van der Waals surface area contributed by atoms with Gasteiger partial charge < -0.3 is 10.2 Å². The lowest BCUT2D eigenvalue weighted by Gasteiger charge is -2.22. The zero-order valence-corrected chi connectivity index (χ0v) is 15.8. The number of guanidine groups is 1. The molecule has 130 valence electrons. The highest BCUT2D eigenvalue weighted by atomic mass is 32.2. The number of hydrogen-bond acceptors (Lipinski definition) is 4. The van der Waals surface area contributed by atoms with E-state index in [1.165, 1.54) is 10.5 Å². The number of rotatable bonds is 8. The van der Waals surface area contributed by atoms with Gasteiger partial charge in [-0.1, -0.05) is 12.1 Å². The number of sulfonamides is 1. The summed E-state index contributed by atoms with van der Waals surface area (Å²) in [5, 5.41) is 3.24. The number of hydrogen-bond donors (Lipinski definition) is 2. The van der Waals surface area contributed by atoms with Gasteiger partial charge >= 0.3 is 0 Å². The molecule has 0 saturated heterocycles. The Balaban J connectivity index is 2.41. The molecule has 0 atom stereocenters. The maximum atomic E-state index is 11.0. The van der Waals surface area contributed by atoms with Crippen LogP contribution in [0.15, 0.2) is 34.2 Å². The first-order chi connectivity index (χ1) is 10.9. The van der Waals surface area contributed by atoms with Crippen LogP contribution in [0.1, 0.15) is 12.0 Å². The summed E-state index contributed by atoms with van der Waals surface area (Å²) in [4.78, 5) is 7.54. The van der Waals surface area contributed by atoms with Gasteiger partial charge in [0, 0.05) is 38.6 Å². The Morgan fingerprint density at radius 2 is 1.91 bits per heavy atom. The molecule has 0 bridgehead atoms. The van der Waals surface area contributed by atoms with Crippen LogP contribution >= 0.6 is 11.8 Å². The van der Waals surface area contributed by atoms with Crippen LogP contribution < -0.4 is 10.0 Å². The van der Waals surface area contributed by atoms with Crippen LogP contribution in [-0.4, -0.2) is 59.0 Å². The summed E-state index contributed by atoms with van der Waals surface area (Å²) in [5.74, 6) is 0.790. The molecule has 2 N–H and O–H groups in total. The molecule has 6 nitrogen and oxygen atoms in total. The van der Waals surface area contributed by atoms with Gasteiger partial charge in [-0.3, -0.25) is 4.99 Å². The Morgan fingerprint density at radius 1 is 1.26 bits per heavy atom. The molecule has 0 aliphatic heterocycles. The molecule has 1 aromatic rings. The molecule has 1 rings (SSSR count). The van der Waals surface area contributed by atoms with Crippen molar-refractivity contribution in [1.82, 2.24) is 14.9 Å². The largest absolute Gasteiger partial charge is 0.356 e. The molecule has 0 aliphatic carbocycles. The smallest absolute Gasteiger partial charge is 0.208 e. The Kier molecular flexibility index (Phi) is 8.43. The van der Waals surface area contributed by atoms with Gasteiger partial charge in [-0.2, -0.15) is 0 Å². The molecule has 1 aromatic carbocycles. The molecule has 0 heterocycles. The Morgan fingerprint density at radius 3 is 2.43 bits per heavy atom. The van der Waals surface area contributed by atoms with Crippen molar-refractivity contribution in [3.8, 4) is 0 Å². The molecule has 0 spiro atoms. The van der Waals surface area contributed by atoms with Crippen molar-refractivity contribution < 1.29 is 8.42 Å². The lowest BCUT2D eigenvalue weighted by atomic mass is 10.2. The van der Waals surface area contributed by atoms with E-state index >= 15 is 0 Å². The SMILES string of the molecule is CN=C(NCCCNS(C)(=O)=O)N(C)Cc1ccc(SC)cc1. The van der Waals surface area contributed by atoms with Gasteiger partial charge in [0.1, 0.15) is 0 Å². The van der Waals surface area contributed by atoms with Crippen LogP contribution in [-0.2, 0) is 16.6 Å². The molecule has 0 fully saturated rings. The Hall–Kier alpha value is -1.25. The molecule has 0 radical (unpaired) electrons. The van der Waals surface area contributed by atoms with Crippen LogP contribution in [0.2, 0.25) is 0 Å². The number of aliphatic imine (C=N–C) groups is 1. The molecule has 8 heteroatoms. The predicted molar refractivity (Wildman–Crippen MR) is 98.5 cm³/mol. The topological polar surface area (TPSA) is 73.8 Å². The monoisotopic (exact) mass is 358 g/mol. The van der Waals surface area contributed by atoms with Gasteiger partial charge in [0.15, 0.2) is 5.96 Å². The van der Waals surface area contributed by atoms with Gasteiger partial charge in [-0.25, -0.2) is 13.1 Å². The van der Waals surface area contributed by atoms with E-state index in [1.54, 1.807) is 18.8 Å². The fourth-order valence-electron chi connectivity index (χ4n) is 2.01. The third kappa shape index (κ3) is 8.24. The molecular formula is C15H26N4O2S2. The number of benzene rings is 1. The van der Waals surface area contributed by atoms with Gasteiger partial charge in [0.2, 0.25) is 10.0 Å². The molecule has 0 aliphatic rings. The fourth-order valence-corrected chi connectivity index (χ4v) is 2.93. The van der Waals surface area contributed by atoms with E-state index < -0.39 is 10.0 Å². The highest BCUT2D eigenvalue weighted by Gasteiger charge is 2.06. The number of thioether (sulfide) groups is 1. The van der Waals surface area contributed by atoms with Crippen LogP contribution in [0.25, 0.3) is 0 Å². The lowest BCUT2D eigenvalue weighted by molar-refractivity contribution is 0.475. The average Bonchev–Trinajstić information content (AvgIpc) is 2.50. The first-order valence-corrected chi connectivity index (χ1v) is 10.5. The zero-order valence-electron chi connectivity index (χ0n) is 14.2. The van der Waals surface area contributed by atoms with Gasteiger partial charge in [-0.05, 0) is 30.4 Å². The second kappa shape index (κ2) is 9.79. The van der Waals surface area contributed by atoms with E-state index in [4.69, 9.17) is 0 Å². The Labute approximate surface area is 143 Å². The molecule has 0 unspecified atom stereocenters. The second-order valence-electron chi connectivity index (χ2n) is 5.20. The molecular weight excluding hydrogens is 332 g/mol. The third-order valence-electron chi connectivity index (χ3n) is 3.15. The zero-order chi connectivity index (χ0) is 17.3. The standard InChI is InChI=1S/C15H26N4O2S2/c1-16-15(17-10-5-11-18-23(4,20)21)19(2)12-13-6-8-14(22-3)9-7-13/h6-9,18H,5,10-12H2,1-4H3,(H,16,17). The first kappa shape index (κ1) is 19.8. The number of nitrogens with zero attached hydrogens (tertiary/aromatic N) is 2. The summed E-state index contributed by atoms with van der Waals surface area (Å²) in [5.41, 5.74) is 1.21. The highest BCUT2D eigenvalue weighted by molar-refractivity contribution is 7.98. The third-order valence-corrected chi connectivity index (χ3v) is 4.63. The van der Waals surface area contributed by atoms with Crippen LogP contribution in [0.3, 0.4) is 0 Å². The normalized spacial score (nSPS) is 12.3. The molecule has 0 aromatic heterocycles. The van der Waals surface area contributed by atoms with Crippen molar-refractivity contribution in [2.24, 2.45) is 4.99 Å². The first-order valence-electron chi connectivity index (χ1n) is 7.35. The van der Waals surface area contributed by atoms with Crippen molar-refractivity contribution in [2.45, 2.75) is 17.9 Å². The van der Waals surface area contributed by atoms with E-state index in [-0.39, 0.29) is 0 Å². The van der Waals surface area contributed by atoms with E-state index in [2.05, 4.69) is 45.6 Å². The summed E-state index contributed by atoms with van der Waals surface area (Å²) in [7, 11) is 0.606. The second-order valence-corrected chi connectivity index (χ2v) is 7.91. The van der Waals surface area contributed by atoms with Crippen molar-refractivity contribution in [1.29, 1.82) is 0 Å². The minimum absolute atomic E-state index is 0.419. The van der Waals surface area contributed by atoms with Gasteiger partial charge in [-0.15, -0.1) is 11.8 Å².